The van der Waals surface area contributed by atoms with Crippen molar-refractivity contribution in [3.8, 4) is 11.9 Å². The fourth-order valence-electron chi connectivity index (χ4n) is 2.30. The normalized spacial score (nSPS) is 16.7. The molecule has 0 aromatic carbocycles. The van der Waals surface area contributed by atoms with E-state index in [1.54, 1.807) is 11.8 Å². The van der Waals surface area contributed by atoms with Gasteiger partial charge in [-0.1, -0.05) is 0 Å². The molecule has 8 heteroatoms. The lowest BCUT2D eigenvalue weighted by Gasteiger charge is -2.16. The summed E-state index contributed by atoms with van der Waals surface area (Å²) in [6.07, 6.45) is 3.49. The lowest BCUT2D eigenvalue weighted by atomic mass is 10.3. The molecular weight excluding hydrogens is 300 g/mol. The first kappa shape index (κ1) is 16.7. The lowest BCUT2D eigenvalue weighted by Crippen LogP contribution is -2.31. The molecule has 1 fully saturated rings. The quantitative estimate of drug-likeness (QED) is 0.710. The minimum atomic E-state index is -0.369. The van der Waals surface area contributed by atoms with Crippen molar-refractivity contribution in [3.05, 3.63) is 18.1 Å². The smallest absolute Gasteiger partial charge is 0.306 e. The van der Waals surface area contributed by atoms with Gasteiger partial charge in [0, 0.05) is 31.8 Å². The van der Waals surface area contributed by atoms with Gasteiger partial charge in [0.15, 0.2) is 0 Å². The summed E-state index contributed by atoms with van der Waals surface area (Å²) < 4.78 is 10.5. The lowest BCUT2D eigenvalue weighted by molar-refractivity contribution is -0.145. The van der Waals surface area contributed by atoms with Gasteiger partial charge in [-0.15, -0.1) is 0 Å². The number of ether oxygens (including phenoxy) is 2. The number of amides is 1. The van der Waals surface area contributed by atoms with Gasteiger partial charge in [-0.25, -0.2) is 9.97 Å². The van der Waals surface area contributed by atoms with Crippen LogP contribution in [0.2, 0.25) is 0 Å². The van der Waals surface area contributed by atoms with Crippen molar-refractivity contribution >= 4 is 11.9 Å². The Labute approximate surface area is 134 Å². The number of hydrogen-bond acceptors (Lipinski definition) is 7. The van der Waals surface area contributed by atoms with E-state index < -0.39 is 0 Å². The number of carbonyl (C=O) groups is 2. The average molecular weight is 318 g/mol. The highest BCUT2D eigenvalue weighted by Gasteiger charge is 2.28. The Balaban J connectivity index is 1.83. The Bertz CT molecular complexity index is 614. The molecule has 1 unspecified atom stereocenters. The Morgan fingerprint density at radius 3 is 2.91 bits per heavy atom. The van der Waals surface area contributed by atoms with Gasteiger partial charge in [-0.05, 0) is 6.92 Å². The maximum atomic E-state index is 12.1. The maximum Gasteiger partial charge on any atom is 0.306 e. The number of esters is 1. The van der Waals surface area contributed by atoms with E-state index in [-0.39, 0.29) is 42.4 Å². The van der Waals surface area contributed by atoms with Gasteiger partial charge in [0.2, 0.25) is 11.6 Å². The zero-order valence-electron chi connectivity index (χ0n) is 12.9. The van der Waals surface area contributed by atoms with E-state index in [0.29, 0.717) is 26.1 Å². The molecule has 0 N–H and O–H groups in total. The first-order chi connectivity index (χ1) is 11.1. The Kier molecular flexibility index (Phi) is 5.86. The molecule has 1 aromatic rings. The van der Waals surface area contributed by atoms with Gasteiger partial charge in [0.1, 0.15) is 12.2 Å². The van der Waals surface area contributed by atoms with E-state index in [0.717, 1.165) is 0 Å². The van der Waals surface area contributed by atoms with Crippen LogP contribution in [0.4, 0.5) is 0 Å². The number of rotatable bonds is 6. The molecule has 122 valence electrons. The molecule has 0 radical (unpaired) electrons. The largest absolute Gasteiger partial charge is 0.470 e. The molecule has 0 saturated carbocycles. The van der Waals surface area contributed by atoms with Gasteiger partial charge in [0.05, 0.1) is 19.6 Å². The number of nitrogens with zero attached hydrogens (tertiary/aromatic N) is 4. The molecule has 2 heterocycles. The third-order valence-electron chi connectivity index (χ3n) is 3.39. The summed E-state index contributed by atoms with van der Waals surface area (Å²) in [5, 5.41) is 8.96. The zero-order valence-corrected chi connectivity index (χ0v) is 12.9. The molecular formula is C15H18N4O4. The number of aromatic nitrogens is 2. The van der Waals surface area contributed by atoms with Crippen molar-refractivity contribution in [2.45, 2.75) is 32.3 Å². The molecule has 1 aromatic heterocycles. The molecule has 0 aliphatic carbocycles. The SMILES string of the molecule is CCOC(=O)CCC(=O)N1CCC(Oc2nccnc2C#N)C1. The second kappa shape index (κ2) is 8.08. The van der Waals surface area contributed by atoms with Crippen LogP contribution in [0, 0.1) is 11.3 Å². The van der Waals surface area contributed by atoms with E-state index in [9.17, 15) is 9.59 Å². The van der Waals surface area contributed by atoms with Crippen LogP contribution in [0.1, 0.15) is 31.9 Å². The monoisotopic (exact) mass is 318 g/mol. The minimum Gasteiger partial charge on any atom is -0.470 e. The molecule has 0 bridgehead atoms. The molecule has 0 spiro atoms. The second-order valence-electron chi connectivity index (χ2n) is 5.00. The van der Waals surface area contributed by atoms with Gasteiger partial charge in [-0.3, -0.25) is 9.59 Å². The fourth-order valence-corrected chi connectivity index (χ4v) is 2.30. The average Bonchev–Trinajstić information content (AvgIpc) is 3.02. The molecule has 1 aliphatic heterocycles. The number of carbonyl (C=O) groups excluding carboxylic acids is 2. The summed E-state index contributed by atoms with van der Waals surface area (Å²) in [5.41, 5.74) is 0.125. The van der Waals surface area contributed by atoms with Gasteiger partial charge < -0.3 is 14.4 Å². The maximum absolute atomic E-state index is 12.1. The summed E-state index contributed by atoms with van der Waals surface area (Å²) >= 11 is 0. The summed E-state index contributed by atoms with van der Waals surface area (Å²) in [6, 6.07) is 1.92. The highest BCUT2D eigenvalue weighted by Crippen LogP contribution is 2.19. The van der Waals surface area contributed by atoms with E-state index in [1.165, 1.54) is 12.4 Å². The molecule has 1 atom stereocenters. The van der Waals surface area contributed by atoms with Crippen LogP contribution in [-0.4, -0.2) is 52.5 Å². The first-order valence-electron chi connectivity index (χ1n) is 7.45. The standard InChI is InChI=1S/C15H18N4O4/c1-2-22-14(21)4-3-13(20)19-8-5-11(10-19)23-15-12(9-16)17-6-7-18-15/h6-7,11H,2-5,8,10H2,1H3. The first-order valence-corrected chi connectivity index (χ1v) is 7.45. The van der Waals surface area contributed by atoms with Gasteiger partial charge in [0.25, 0.3) is 5.88 Å². The van der Waals surface area contributed by atoms with Crippen LogP contribution in [0.3, 0.4) is 0 Å². The molecule has 1 saturated heterocycles. The van der Waals surface area contributed by atoms with Crippen LogP contribution < -0.4 is 4.74 Å². The molecule has 1 aliphatic rings. The van der Waals surface area contributed by atoms with Crippen LogP contribution in [0.25, 0.3) is 0 Å². The van der Waals surface area contributed by atoms with Crippen molar-refractivity contribution in [1.82, 2.24) is 14.9 Å². The van der Waals surface area contributed by atoms with Crippen LogP contribution in [-0.2, 0) is 14.3 Å². The number of nitriles is 1. The highest BCUT2D eigenvalue weighted by atomic mass is 16.5. The van der Waals surface area contributed by atoms with E-state index in [4.69, 9.17) is 14.7 Å². The summed E-state index contributed by atoms with van der Waals surface area (Å²) in [4.78, 5) is 32.8. The Hall–Kier alpha value is -2.69. The third kappa shape index (κ3) is 4.64. The predicted molar refractivity (Wildman–Crippen MR) is 78.2 cm³/mol. The molecule has 23 heavy (non-hydrogen) atoms. The Morgan fingerprint density at radius 1 is 1.39 bits per heavy atom. The Morgan fingerprint density at radius 2 is 2.17 bits per heavy atom. The van der Waals surface area contributed by atoms with Crippen LogP contribution >= 0.6 is 0 Å². The van der Waals surface area contributed by atoms with Crippen molar-refractivity contribution in [1.29, 1.82) is 5.26 Å². The summed E-state index contributed by atoms with van der Waals surface area (Å²) in [6.45, 7) is 2.99. The van der Waals surface area contributed by atoms with Crippen molar-refractivity contribution in [2.75, 3.05) is 19.7 Å². The number of hydrogen-bond donors (Lipinski definition) is 0. The minimum absolute atomic E-state index is 0.0808. The van der Waals surface area contributed by atoms with Crippen LogP contribution in [0.15, 0.2) is 12.4 Å². The van der Waals surface area contributed by atoms with E-state index in [2.05, 4.69) is 9.97 Å². The molecule has 2 rings (SSSR count). The zero-order chi connectivity index (χ0) is 16.7. The topological polar surface area (TPSA) is 105 Å². The van der Waals surface area contributed by atoms with Crippen LogP contribution in [0.5, 0.6) is 5.88 Å². The van der Waals surface area contributed by atoms with Gasteiger partial charge >= 0.3 is 5.97 Å². The highest BCUT2D eigenvalue weighted by molar-refractivity contribution is 5.81. The molecule has 8 nitrogen and oxygen atoms in total. The molecule has 1 amide bonds. The van der Waals surface area contributed by atoms with Crippen molar-refractivity contribution in [2.24, 2.45) is 0 Å². The van der Waals surface area contributed by atoms with E-state index in [1.807, 2.05) is 6.07 Å². The summed E-state index contributed by atoms with van der Waals surface area (Å²) in [5.74, 6) is -0.296. The number of likely N-dealkylation sites (tertiary alicyclic amines) is 1. The van der Waals surface area contributed by atoms with Crippen molar-refractivity contribution < 1.29 is 19.1 Å². The van der Waals surface area contributed by atoms with Gasteiger partial charge in [-0.2, -0.15) is 5.26 Å². The fraction of sp³-hybridized carbons (Fsp3) is 0.533. The van der Waals surface area contributed by atoms with E-state index >= 15 is 0 Å². The second-order valence-corrected chi connectivity index (χ2v) is 5.00. The predicted octanol–water partition coefficient (Wildman–Crippen LogP) is 0.671. The summed E-state index contributed by atoms with van der Waals surface area (Å²) in [7, 11) is 0. The third-order valence-corrected chi connectivity index (χ3v) is 3.39. The van der Waals surface area contributed by atoms with Crippen molar-refractivity contribution in [3.63, 3.8) is 0 Å².